The molecule has 1 atom stereocenters. The Morgan fingerprint density at radius 3 is 2.23 bits per heavy atom. The van der Waals surface area contributed by atoms with Crippen molar-refractivity contribution in [3.05, 3.63) is 35.9 Å². The van der Waals surface area contributed by atoms with Gasteiger partial charge in [-0.1, -0.05) is 30.3 Å². The zero-order valence-electron chi connectivity index (χ0n) is 6.88. The standard InChI is InChI=1S/C9H10O3.BrH/c10-6-8(9(11)12)7-4-2-1-3-5-7;/h1-5,8,10H,6H2,(H,11,12);1H/t8-;/m1./s1. The fourth-order valence-corrected chi connectivity index (χ4v) is 1.01. The summed E-state index contributed by atoms with van der Waals surface area (Å²) in [6, 6.07) is 8.69. The number of carbonyl (C=O) groups is 1. The zero-order valence-corrected chi connectivity index (χ0v) is 8.60. The Balaban J connectivity index is 0.00000144. The van der Waals surface area contributed by atoms with Gasteiger partial charge in [-0.05, 0) is 5.56 Å². The molecule has 72 valence electrons. The molecule has 0 fully saturated rings. The Bertz CT molecular complexity index is 261. The van der Waals surface area contributed by atoms with Crippen LogP contribution < -0.4 is 0 Å². The number of hydrogen-bond donors (Lipinski definition) is 2. The number of aliphatic hydroxyl groups excluding tert-OH is 1. The van der Waals surface area contributed by atoms with Crippen molar-refractivity contribution in [2.45, 2.75) is 5.92 Å². The molecule has 1 aromatic carbocycles. The van der Waals surface area contributed by atoms with Crippen molar-refractivity contribution in [3.8, 4) is 0 Å². The highest BCUT2D eigenvalue weighted by Crippen LogP contribution is 2.14. The van der Waals surface area contributed by atoms with Crippen molar-refractivity contribution in [1.29, 1.82) is 0 Å². The molecule has 1 rings (SSSR count). The van der Waals surface area contributed by atoms with Gasteiger partial charge in [-0.2, -0.15) is 0 Å². The van der Waals surface area contributed by atoms with Crippen molar-refractivity contribution in [3.63, 3.8) is 0 Å². The van der Waals surface area contributed by atoms with E-state index in [0.717, 1.165) is 0 Å². The lowest BCUT2D eigenvalue weighted by atomic mass is 10.0. The molecule has 0 aliphatic carbocycles. The summed E-state index contributed by atoms with van der Waals surface area (Å²) < 4.78 is 0. The maximum absolute atomic E-state index is 10.6. The van der Waals surface area contributed by atoms with Crippen molar-refractivity contribution in [2.75, 3.05) is 6.61 Å². The second-order valence-corrected chi connectivity index (χ2v) is 2.48. The molecule has 0 saturated heterocycles. The predicted molar refractivity (Wildman–Crippen MR) is 54.2 cm³/mol. The van der Waals surface area contributed by atoms with Gasteiger partial charge >= 0.3 is 5.97 Å². The minimum absolute atomic E-state index is 0. The first kappa shape index (κ1) is 12.1. The molecule has 0 saturated carbocycles. The van der Waals surface area contributed by atoms with E-state index in [1.54, 1.807) is 30.3 Å². The van der Waals surface area contributed by atoms with E-state index < -0.39 is 11.9 Å². The Hall–Kier alpha value is -0.870. The highest BCUT2D eigenvalue weighted by atomic mass is 79.9. The summed E-state index contributed by atoms with van der Waals surface area (Å²) in [6.07, 6.45) is 0. The largest absolute Gasteiger partial charge is 0.481 e. The molecule has 0 heterocycles. The first-order valence-electron chi connectivity index (χ1n) is 3.64. The Morgan fingerprint density at radius 1 is 1.31 bits per heavy atom. The van der Waals surface area contributed by atoms with Crippen LogP contribution in [0.1, 0.15) is 11.5 Å². The van der Waals surface area contributed by atoms with Gasteiger partial charge in [-0.15, -0.1) is 17.0 Å². The maximum atomic E-state index is 10.6. The molecule has 1 aromatic rings. The lowest BCUT2D eigenvalue weighted by Gasteiger charge is -2.07. The number of aliphatic hydroxyl groups is 1. The zero-order chi connectivity index (χ0) is 8.97. The maximum Gasteiger partial charge on any atom is 0.313 e. The molecule has 0 spiro atoms. The number of carboxylic acids is 1. The molecule has 0 aliphatic rings. The molecule has 0 aliphatic heterocycles. The van der Waals surface area contributed by atoms with Gasteiger partial charge in [0, 0.05) is 0 Å². The van der Waals surface area contributed by atoms with Gasteiger partial charge in [-0.25, -0.2) is 0 Å². The first-order chi connectivity index (χ1) is 5.75. The van der Waals surface area contributed by atoms with Crippen LogP contribution in [0.3, 0.4) is 0 Å². The van der Waals surface area contributed by atoms with Crippen molar-refractivity contribution in [2.24, 2.45) is 0 Å². The van der Waals surface area contributed by atoms with Crippen LogP contribution in [0.4, 0.5) is 0 Å². The highest BCUT2D eigenvalue weighted by molar-refractivity contribution is 8.93. The van der Waals surface area contributed by atoms with Gasteiger partial charge < -0.3 is 10.2 Å². The van der Waals surface area contributed by atoms with Crippen LogP contribution in [0.15, 0.2) is 30.3 Å². The lowest BCUT2D eigenvalue weighted by molar-refractivity contribution is -0.139. The second kappa shape index (κ2) is 5.72. The fourth-order valence-electron chi connectivity index (χ4n) is 1.01. The van der Waals surface area contributed by atoms with Crippen LogP contribution in [-0.4, -0.2) is 22.8 Å². The predicted octanol–water partition coefficient (Wildman–Crippen LogP) is 1.43. The van der Waals surface area contributed by atoms with E-state index in [-0.39, 0.29) is 23.6 Å². The third-order valence-electron chi connectivity index (χ3n) is 1.68. The molecule has 2 N–H and O–H groups in total. The van der Waals surface area contributed by atoms with Crippen LogP contribution >= 0.6 is 17.0 Å². The van der Waals surface area contributed by atoms with Gasteiger partial charge in [-0.3, -0.25) is 4.79 Å². The SMILES string of the molecule is Br.O=C(O)[C@H](CO)c1ccccc1. The minimum Gasteiger partial charge on any atom is -0.481 e. The third-order valence-corrected chi connectivity index (χ3v) is 1.68. The van der Waals surface area contributed by atoms with Crippen molar-refractivity contribution < 1.29 is 15.0 Å². The summed E-state index contributed by atoms with van der Waals surface area (Å²) >= 11 is 0. The summed E-state index contributed by atoms with van der Waals surface area (Å²) in [6.45, 7) is -0.362. The topological polar surface area (TPSA) is 57.5 Å². The van der Waals surface area contributed by atoms with E-state index in [2.05, 4.69) is 0 Å². The lowest BCUT2D eigenvalue weighted by Crippen LogP contribution is -2.15. The van der Waals surface area contributed by atoms with Gasteiger partial charge in [0.05, 0.1) is 6.61 Å². The smallest absolute Gasteiger partial charge is 0.313 e. The highest BCUT2D eigenvalue weighted by Gasteiger charge is 2.17. The summed E-state index contributed by atoms with van der Waals surface area (Å²) in [5, 5.41) is 17.4. The van der Waals surface area contributed by atoms with E-state index in [0.29, 0.717) is 5.56 Å². The number of rotatable bonds is 3. The third kappa shape index (κ3) is 3.16. The Kier molecular flexibility index (Phi) is 5.34. The average molecular weight is 247 g/mol. The fraction of sp³-hybridized carbons (Fsp3) is 0.222. The summed E-state index contributed by atoms with van der Waals surface area (Å²) in [4.78, 5) is 10.6. The number of hydrogen-bond acceptors (Lipinski definition) is 2. The summed E-state index contributed by atoms with van der Waals surface area (Å²) in [5.74, 6) is -1.80. The first-order valence-corrected chi connectivity index (χ1v) is 3.64. The summed E-state index contributed by atoms with van der Waals surface area (Å²) in [5.41, 5.74) is 0.632. The van der Waals surface area contributed by atoms with Crippen LogP contribution in [-0.2, 0) is 4.79 Å². The molecule has 0 amide bonds. The monoisotopic (exact) mass is 246 g/mol. The van der Waals surface area contributed by atoms with Gasteiger partial charge in [0.2, 0.25) is 0 Å². The quantitative estimate of drug-likeness (QED) is 0.849. The number of benzene rings is 1. The van der Waals surface area contributed by atoms with E-state index in [4.69, 9.17) is 10.2 Å². The second-order valence-electron chi connectivity index (χ2n) is 2.48. The van der Waals surface area contributed by atoms with E-state index in [9.17, 15) is 4.79 Å². The average Bonchev–Trinajstić information content (AvgIpc) is 2.07. The molecule has 3 nitrogen and oxygen atoms in total. The van der Waals surface area contributed by atoms with Gasteiger partial charge in [0.15, 0.2) is 0 Å². The van der Waals surface area contributed by atoms with Crippen LogP contribution in [0.2, 0.25) is 0 Å². The summed E-state index contributed by atoms with van der Waals surface area (Å²) in [7, 11) is 0. The Morgan fingerprint density at radius 2 is 1.85 bits per heavy atom. The Labute approximate surface area is 86.8 Å². The van der Waals surface area contributed by atoms with E-state index in [1.807, 2.05) is 0 Å². The molecule has 0 radical (unpaired) electrons. The molecular weight excluding hydrogens is 236 g/mol. The van der Waals surface area contributed by atoms with Crippen molar-refractivity contribution >= 4 is 23.0 Å². The van der Waals surface area contributed by atoms with Crippen molar-refractivity contribution in [1.82, 2.24) is 0 Å². The number of carboxylic acid groups (broad SMARTS) is 1. The van der Waals surface area contributed by atoms with Gasteiger partial charge in [0.25, 0.3) is 0 Å². The molecule has 0 aromatic heterocycles. The van der Waals surface area contributed by atoms with Crippen LogP contribution in [0.5, 0.6) is 0 Å². The van der Waals surface area contributed by atoms with E-state index >= 15 is 0 Å². The van der Waals surface area contributed by atoms with Crippen LogP contribution in [0, 0.1) is 0 Å². The molecule has 0 bridgehead atoms. The molecule has 0 unspecified atom stereocenters. The number of aliphatic carboxylic acids is 1. The van der Waals surface area contributed by atoms with Crippen LogP contribution in [0.25, 0.3) is 0 Å². The number of halogens is 1. The normalized spacial score (nSPS) is 11.5. The molecule has 4 heteroatoms. The van der Waals surface area contributed by atoms with E-state index in [1.165, 1.54) is 0 Å². The molecule has 13 heavy (non-hydrogen) atoms. The molecular formula is C9H11BrO3. The van der Waals surface area contributed by atoms with Gasteiger partial charge in [0.1, 0.15) is 5.92 Å². The minimum atomic E-state index is -0.997.